The molecular formula is C24H18Br2N2O5S. The minimum absolute atomic E-state index is 0.0156. The average molecular weight is 606 g/mol. The lowest BCUT2D eigenvalue weighted by molar-refractivity contribution is -0.112. The van der Waals surface area contributed by atoms with Crippen molar-refractivity contribution in [2.75, 3.05) is 12.4 Å². The highest BCUT2D eigenvalue weighted by Gasteiger charge is 2.21. The average Bonchev–Trinajstić information content (AvgIpc) is 2.80. The van der Waals surface area contributed by atoms with Crippen molar-refractivity contribution in [1.82, 2.24) is 0 Å². The van der Waals surface area contributed by atoms with E-state index in [2.05, 4.69) is 37.2 Å². The third kappa shape index (κ3) is 6.26. The molecule has 1 N–H and O–H groups in total. The van der Waals surface area contributed by atoms with E-state index in [0.717, 1.165) is 5.56 Å². The summed E-state index contributed by atoms with van der Waals surface area (Å²) in [6.07, 6.45) is 1.38. The fourth-order valence-electron chi connectivity index (χ4n) is 2.82. The van der Waals surface area contributed by atoms with Crippen LogP contribution < -0.4 is 14.2 Å². The molecule has 0 aromatic heterocycles. The molecule has 0 aliphatic rings. The summed E-state index contributed by atoms with van der Waals surface area (Å²) in [5, 5.41) is 12.1. The van der Waals surface area contributed by atoms with E-state index in [4.69, 9.17) is 8.92 Å². The standard InChI is InChI=1S/C24H18Br2N2O5S/c1-15-6-8-20(9-7-15)34(30,31)33-23-21(25)11-16(12-22(23)26)10-17(14-27)24(29)28-18-4-3-5-19(13-18)32-2/h3-13H,1-2H3,(H,28,29)/b17-10+. The van der Waals surface area contributed by atoms with Crippen LogP contribution in [0.4, 0.5) is 5.69 Å². The molecule has 10 heteroatoms. The van der Waals surface area contributed by atoms with Crippen molar-refractivity contribution in [2.24, 2.45) is 0 Å². The van der Waals surface area contributed by atoms with Crippen molar-refractivity contribution in [3.8, 4) is 17.6 Å². The van der Waals surface area contributed by atoms with Gasteiger partial charge in [-0.25, -0.2) is 0 Å². The van der Waals surface area contributed by atoms with Gasteiger partial charge in [-0.3, -0.25) is 4.79 Å². The van der Waals surface area contributed by atoms with Crippen LogP contribution in [-0.4, -0.2) is 21.4 Å². The molecule has 7 nitrogen and oxygen atoms in total. The molecule has 1 amide bonds. The maximum absolute atomic E-state index is 12.7. The minimum atomic E-state index is -4.07. The van der Waals surface area contributed by atoms with E-state index in [1.807, 2.05) is 13.0 Å². The Morgan fingerprint density at radius 1 is 1.06 bits per heavy atom. The number of carbonyl (C=O) groups is 1. The van der Waals surface area contributed by atoms with Gasteiger partial charge in [0.25, 0.3) is 5.91 Å². The topological polar surface area (TPSA) is 105 Å². The summed E-state index contributed by atoms with van der Waals surface area (Å²) in [4.78, 5) is 12.6. The van der Waals surface area contributed by atoms with Crippen LogP contribution in [0, 0.1) is 18.3 Å². The van der Waals surface area contributed by atoms with E-state index >= 15 is 0 Å². The van der Waals surface area contributed by atoms with Gasteiger partial charge in [0.15, 0.2) is 5.75 Å². The number of carbonyl (C=O) groups excluding carboxylic acids is 1. The number of halogens is 2. The first kappa shape index (κ1) is 25.5. The third-order valence-corrected chi connectivity index (χ3v) is 6.94. The van der Waals surface area contributed by atoms with Crippen LogP contribution in [-0.2, 0) is 14.9 Å². The molecule has 174 valence electrons. The Bertz CT molecular complexity index is 1390. The Morgan fingerprint density at radius 3 is 2.29 bits per heavy atom. The quantitative estimate of drug-likeness (QED) is 0.206. The molecule has 0 bridgehead atoms. The maximum Gasteiger partial charge on any atom is 0.339 e. The zero-order chi connectivity index (χ0) is 24.9. The van der Waals surface area contributed by atoms with E-state index in [1.54, 1.807) is 48.5 Å². The number of nitriles is 1. The number of benzene rings is 3. The van der Waals surface area contributed by atoms with Gasteiger partial charge < -0.3 is 14.2 Å². The molecule has 0 fully saturated rings. The number of methoxy groups -OCH3 is 1. The van der Waals surface area contributed by atoms with Crippen LogP contribution in [0.25, 0.3) is 6.08 Å². The van der Waals surface area contributed by atoms with Gasteiger partial charge in [0, 0.05) is 11.8 Å². The molecule has 0 saturated carbocycles. The van der Waals surface area contributed by atoms with Gasteiger partial charge in [-0.2, -0.15) is 13.7 Å². The first-order chi connectivity index (χ1) is 16.1. The highest BCUT2D eigenvalue weighted by molar-refractivity contribution is 9.11. The van der Waals surface area contributed by atoms with Gasteiger partial charge in [0.05, 0.1) is 16.1 Å². The Kier molecular flexibility index (Phi) is 8.15. The van der Waals surface area contributed by atoms with Crippen molar-refractivity contribution in [1.29, 1.82) is 5.26 Å². The van der Waals surface area contributed by atoms with Crippen LogP contribution in [0.15, 0.2) is 80.1 Å². The molecule has 0 aliphatic carbocycles. The largest absolute Gasteiger partial charge is 0.497 e. The Morgan fingerprint density at radius 2 is 1.71 bits per heavy atom. The first-order valence-corrected chi connectivity index (χ1v) is 12.7. The summed E-state index contributed by atoms with van der Waals surface area (Å²) in [6, 6.07) is 18.0. The van der Waals surface area contributed by atoms with Crippen LogP contribution in [0.2, 0.25) is 0 Å². The highest BCUT2D eigenvalue weighted by Crippen LogP contribution is 2.37. The summed E-state index contributed by atoms with van der Waals surface area (Å²) in [5.74, 6) is -0.00772. The highest BCUT2D eigenvalue weighted by atomic mass is 79.9. The van der Waals surface area contributed by atoms with Crippen molar-refractivity contribution in [3.05, 3.63) is 86.3 Å². The van der Waals surface area contributed by atoms with Gasteiger partial charge in [-0.1, -0.05) is 23.8 Å². The van der Waals surface area contributed by atoms with E-state index in [9.17, 15) is 18.5 Å². The lowest BCUT2D eigenvalue weighted by Crippen LogP contribution is -2.13. The molecule has 34 heavy (non-hydrogen) atoms. The van der Waals surface area contributed by atoms with Gasteiger partial charge in [0.1, 0.15) is 22.3 Å². The number of ether oxygens (including phenoxy) is 1. The number of nitrogens with one attached hydrogen (secondary N) is 1. The van der Waals surface area contributed by atoms with Gasteiger partial charge in [-0.15, -0.1) is 0 Å². The SMILES string of the molecule is COc1cccc(NC(=O)/C(C#N)=C/c2cc(Br)c(OS(=O)(=O)c3ccc(C)cc3)c(Br)c2)c1. The molecule has 0 heterocycles. The number of aryl methyl sites for hydroxylation is 1. The molecule has 3 aromatic carbocycles. The molecule has 0 spiro atoms. The van der Waals surface area contributed by atoms with Gasteiger partial charge in [0.2, 0.25) is 0 Å². The summed E-state index contributed by atoms with van der Waals surface area (Å²) in [6.45, 7) is 1.85. The summed E-state index contributed by atoms with van der Waals surface area (Å²) in [5.41, 5.74) is 1.71. The summed E-state index contributed by atoms with van der Waals surface area (Å²) < 4.78 is 36.4. The number of amides is 1. The lowest BCUT2D eigenvalue weighted by Gasteiger charge is -2.12. The Labute approximate surface area is 214 Å². The predicted molar refractivity (Wildman–Crippen MR) is 136 cm³/mol. The lowest BCUT2D eigenvalue weighted by atomic mass is 10.1. The zero-order valence-corrected chi connectivity index (χ0v) is 22.0. The summed E-state index contributed by atoms with van der Waals surface area (Å²) in [7, 11) is -2.56. The van der Waals surface area contributed by atoms with E-state index < -0.39 is 16.0 Å². The summed E-state index contributed by atoms with van der Waals surface area (Å²) >= 11 is 6.61. The normalized spacial score (nSPS) is 11.4. The van der Waals surface area contributed by atoms with Gasteiger partial charge in [-0.05, 0) is 86.8 Å². The fourth-order valence-corrected chi connectivity index (χ4v) is 5.38. The number of hydrogen-bond acceptors (Lipinski definition) is 6. The molecule has 0 aliphatic heterocycles. The fraction of sp³-hybridized carbons (Fsp3) is 0.0833. The molecule has 3 rings (SSSR count). The second-order valence-electron chi connectivity index (χ2n) is 7.02. The van der Waals surface area contributed by atoms with E-state index in [-0.39, 0.29) is 16.2 Å². The van der Waals surface area contributed by atoms with Gasteiger partial charge >= 0.3 is 10.1 Å². The molecule has 0 radical (unpaired) electrons. The molecule has 3 aromatic rings. The molecular weight excluding hydrogens is 588 g/mol. The number of hydrogen-bond donors (Lipinski definition) is 1. The smallest absolute Gasteiger partial charge is 0.339 e. The van der Waals surface area contributed by atoms with E-state index in [0.29, 0.717) is 25.9 Å². The second-order valence-corrected chi connectivity index (χ2v) is 10.3. The zero-order valence-electron chi connectivity index (χ0n) is 18.0. The molecule has 0 atom stereocenters. The first-order valence-electron chi connectivity index (χ1n) is 9.70. The van der Waals surface area contributed by atoms with Crippen molar-refractivity contribution in [3.63, 3.8) is 0 Å². The maximum atomic E-state index is 12.7. The minimum Gasteiger partial charge on any atom is -0.497 e. The Balaban J connectivity index is 1.85. The predicted octanol–water partition coefficient (Wildman–Crippen LogP) is 5.84. The second kappa shape index (κ2) is 10.9. The Hall–Kier alpha value is -3.13. The number of rotatable bonds is 7. The van der Waals surface area contributed by atoms with Crippen molar-refractivity contribution < 1.29 is 22.1 Å². The monoisotopic (exact) mass is 604 g/mol. The van der Waals surface area contributed by atoms with Crippen LogP contribution >= 0.6 is 31.9 Å². The van der Waals surface area contributed by atoms with Crippen molar-refractivity contribution >= 4 is 59.6 Å². The molecule has 0 unspecified atom stereocenters. The van der Waals surface area contributed by atoms with Crippen molar-refractivity contribution in [2.45, 2.75) is 11.8 Å². The number of nitrogens with zero attached hydrogens (tertiary/aromatic N) is 1. The molecule has 0 saturated heterocycles. The van der Waals surface area contributed by atoms with Crippen LogP contribution in [0.5, 0.6) is 11.5 Å². The third-order valence-electron chi connectivity index (χ3n) is 4.53. The number of anilines is 1. The van der Waals surface area contributed by atoms with Crippen LogP contribution in [0.3, 0.4) is 0 Å². The van der Waals surface area contributed by atoms with E-state index in [1.165, 1.54) is 25.3 Å². The van der Waals surface area contributed by atoms with Crippen LogP contribution in [0.1, 0.15) is 11.1 Å².